The third-order valence-electron chi connectivity index (χ3n) is 3.39. The van der Waals surface area contributed by atoms with Crippen LogP contribution in [0.5, 0.6) is 0 Å². The second-order valence-electron chi connectivity index (χ2n) is 4.70. The number of carbonyl (C=O) groups is 1. The molecule has 1 fully saturated rings. The maximum absolute atomic E-state index is 11.3. The van der Waals surface area contributed by atoms with Gasteiger partial charge in [0.2, 0.25) is 0 Å². The van der Waals surface area contributed by atoms with Crippen LogP contribution in [0.2, 0.25) is 0 Å². The highest BCUT2D eigenvalue weighted by molar-refractivity contribution is 7.14. The van der Waals surface area contributed by atoms with E-state index in [4.69, 9.17) is 15.3 Å². The number of hydrazine groups is 1. The predicted octanol–water partition coefficient (Wildman–Crippen LogP) is 1.83. The van der Waals surface area contributed by atoms with Crippen molar-refractivity contribution in [3.63, 3.8) is 0 Å². The number of methoxy groups -OCH3 is 1. The lowest BCUT2D eigenvalue weighted by Gasteiger charge is -2.28. The summed E-state index contributed by atoms with van der Waals surface area (Å²) < 4.78 is 11.3. The first-order valence-electron chi connectivity index (χ1n) is 6.47. The first kappa shape index (κ1) is 14.5. The molecule has 6 heteroatoms. The average molecular weight is 284 g/mol. The molecule has 1 aromatic rings. The number of nitrogens with two attached hydrogens (primary N) is 1. The normalized spacial score (nSPS) is 23.3. The number of carbonyl (C=O) groups excluding carboxylic acids is 1. The smallest absolute Gasteiger partial charge is 0.275 e. The van der Waals surface area contributed by atoms with Crippen LogP contribution in [0, 0.1) is 0 Å². The standard InChI is InChI=1S/C13H20N2O3S/c1-17-9-3-2-4-10(7-9)18-8-11-5-6-12(19-11)13(16)15-14/h5-6,9-10H,2-4,7-8,14H2,1H3,(H,15,16). The number of nitrogen functional groups attached to an aromatic ring is 1. The number of rotatable bonds is 5. The van der Waals surface area contributed by atoms with Crippen molar-refractivity contribution >= 4 is 17.2 Å². The third-order valence-corrected chi connectivity index (χ3v) is 4.45. The summed E-state index contributed by atoms with van der Waals surface area (Å²) in [6, 6.07) is 3.68. The molecule has 0 aromatic carbocycles. The van der Waals surface area contributed by atoms with Crippen LogP contribution in [0.1, 0.15) is 40.2 Å². The predicted molar refractivity (Wildman–Crippen MR) is 73.8 cm³/mol. The lowest BCUT2D eigenvalue weighted by atomic mass is 9.95. The van der Waals surface area contributed by atoms with Gasteiger partial charge in [-0.25, -0.2) is 5.84 Å². The van der Waals surface area contributed by atoms with E-state index in [9.17, 15) is 4.79 Å². The Hall–Kier alpha value is -0.950. The van der Waals surface area contributed by atoms with Gasteiger partial charge in [0.05, 0.1) is 23.7 Å². The Labute approximate surface area is 117 Å². The van der Waals surface area contributed by atoms with E-state index in [2.05, 4.69) is 5.43 Å². The summed E-state index contributed by atoms with van der Waals surface area (Å²) >= 11 is 1.41. The highest BCUT2D eigenvalue weighted by Gasteiger charge is 2.22. The molecule has 2 unspecified atom stereocenters. The van der Waals surface area contributed by atoms with Crippen molar-refractivity contribution in [2.75, 3.05) is 7.11 Å². The fraction of sp³-hybridized carbons (Fsp3) is 0.615. The number of nitrogens with one attached hydrogen (secondary N) is 1. The van der Waals surface area contributed by atoms with E-state index in [0.29, 0.717) is 17.6 Å². The molecule has 0 saturated heterocycles. The first-order chi connectivity index (χ1) is 9.22. The minimum atomic E-state index is -0.256. The van der Waals surface area contributed by atoms with Gasteiger partial charge in [-0.3, -0.25) is 10.2 Å². The first-order valence-corrected chi connectivity index (χ1v) is 7.28. The van der Waals surface area contributed by atoms with Crippen LogP contribution in [-0.2, 0) is 16.1 Å². The zero-order chi connectivity index (χ0) is 13.7. The van der Waals surface area contributed by atoms with Crippen molar-refractivity contribution in [2.45, 2.75) is 44.5 Å². The highest BCUT2D eigenvalue weighted by atomic mass is 32.1. The van der Waals surface area contributed by atoms with Gasteiger partial charge in [0.15, 0.2) is 0 Å². The quantitative estimate of drug-likeness (QED) is 0.491. The molecule has 5 nitrogen and oxygen atoms in total. The van der Waals surface area contributed by atoms with E-state index in [1.165, 1.54) is 11.3 Å². The molecule has 2 rings (SSSR count). The number of amides is 1. The average Bonchev–Trinajstić information content (AvgIpc) is 2.93. The summed E-state index contributed by atoms with van der Waals surface area (Å²) in [6.45, 7) is 0.545. The molecule has 19 heavy (non-hydrogen) atoms. The topological polar surface area (TPSA) is 73.6 Å². The van der Waals surface area contributed by atoms with Gasteiger partial charge in [-0.15, -0.1) is 11.3 Å². The van der Waals surface area contributed by atoms with Crippen molar-refractivity contribution in [1.29, 1.82) is 0 Å². The number of ether oxygens (including phenoxy) is 2. The summed E-state index contributed by atoms with van der Waals surface area (Å²) in [5.74, 6) is 4.84. The fourth-order valence-electron chi connectivity index (χ4n) is 2.32. The van der Waals surface area contributed by atoms with E-state index in [1.54, 1.807) is 13.2 Å². The van der Waals surface area contributed by atoms with E-state index in [0.717, 1.165) is 30.6 Å². The Morgan fingerprint density at radius 1 is 1.47 bits per heavy atom. The van der Waals surface area contributed by atoms with Crippen molar-refractivity contribution in [2.24, 2.45) is 5.84 Å². The van der Waals surface area contributed by atoms with Gasteiger partial charge in [0.1, 0.15) is 0 Å². The van der Waals surface area contributed by atoms with Crippen LogP contribution in [0.25, 0.3) is 0 Å². The minimum absolute atomic E-state index is 0.256. The van der Waals surface area contributed by atoms with Crippen molar-refractivity contribution in [1.82, 2.24) is 5.43 Å². The maximum Gasteiger partial charge on any atom is 0.275 e. The molecule has 1 heterocycles. The summed E-state index contributed by atoms with van der Waals surface area (Å²) in [6.07, 6.45) is 4.89. The summed E-state index contributed by atoms with van der Waals surface area (Å²) in [5.41, 5.74) is 2.13. The Balaban J connectivity index is 1.81. The molecule has 1 aliphatic rings. The molecule has 1 amide bonds. The monoisotopic (exact) mass is 284 g/mol. The molecule has 2 atom stereocenters. The van der Waals surface area contributed by atoms with E-state index in [1.807, 2.05) is 6.07 Å². The van der Waals surface area contributed by atoms with Crippen LogP contribution < -0.4 is 11.3 Å². The number of hydrogen-bond acceptors (Lipinski definition) is 5. The SMILES string of the molecule is COC1CCCC(OCc2ccc(C(=O)NN)s2)C1. The molecule has 3 N–H and O–H groups in total. The van der Waals surface area contributed by atoms with Crippen molar-refractivity contribution in [3.05, 3.63) is 21.9 Å². The third kappa shape index (κ3) is 4.01. The Bertz CT molecular complexity index is 422. The number of thiophene rings is 1. The second-order valence-corrected chi connectivity index (χ2v) is 5.87. The van der Waals surface area contributed by atoms with Gasteiger partial charge in [0, 0.05) is 12.0 Å². The summed E-state index contributed by atoms with van der Waals surface area (Å²) in [7, 11) is 1.75. The molecular formula is C13H20N2O3S. The Kier molecular flexibility index (Phi) is 5.33. The lowest BCUT2D eigenvalue weighted by molar-refractivity contribution is -0.0356. The molecule has 1 aliphatic carbocycles. The number of hydrogen-bond donors (Lipinski definition) is 2. The molecule has 106 valence electrons. The Morgan fingerprint density at radius 3 is 3.00 bits per heavy atom. The van der Waals surface area contributed by atoms with Crippen LogP contribution >= 0.6 is 11.3 Å². The van der Waals surface area contributed by atoms with Gasteiger partial charge < -0.3 is 9.47 Å². The zero-order valence-electron chi connectivity index (χ0n) is 11.1. The molecule has 1 saturated carbocycles. The second kappa shape index (κ2) is 7.00. The summed E-state index contributed by atoms with van der Waals surface area (Å²) in [5, 5.41) is 0. The molecule has 0 radical (unpaired) electrons. The van der Waals surface area contributed by atoms with Crippen LogP contribution in [0.4, 0.5) is 0 Å². The fourth-order valence-corrected chi connectivity index (χ4v) is 3.15. The Morgan fingerprint density at radius 2 is 2.26 bits per heavy atom. The summed E-state index contributed by atoms with van der Waals surface area (Å²) in [4.78, 5) is 13.0. The minimum Gasteiger partial charge on any atom is -0.381 e. The lowest BCUT2D eigenvalue weighted by Crippen LogP contribution is -2.29. The van der Waals surface area contributed by atoms with Gasteiger partial charge in [-0.2, -0.15) is 0 Å². The van der Waals surface area contributed by atoms with Gasteiger partial charge in [-0.05, 0) is 37.8 Å². The van der Waals surface area contributed by atoms with Crippen LogP contribution in [0.15, 0.2) is 12.1 Å². The van der Waals surface area contributed by atoms with E-state index >= 15 is 0 Å². The van der Waals surface area contributed by atoms with Gasteiger partial charge in [0.25, 0.3) is 5.91 Å². The van der Waals surface area contributed by atoms with Crippen LogP contribution in [0.3, 0.4) is 0 Å². The largest absolute Gasteiger partial charge is 0.381 e. The molecular weight excluding hydrogens is 264 g/mol. The zero-order valence-corrected chi connectivity index (χ0v) is 11.9. The van der Waals surface area contributed by atoms with Gasteiger partial charge >= 0.3 is 0 Å². The highest BCUT2D eigenvalue weighted by Crippen LogP contribution is 2.25. The molecule has 0 bridgehead atoms. The van der Waals surface area contributed by atoms with E-state index < -0.39 is 0 Å². The maximum atomic E-state index is 11.3. The van der Waals surface area contributed by atoms with Gasteiger partial charge in [-0.1, -0.05) is 0 Å². The van der Waals surface area contributed by atoms with Crippen LogP contribution in [-0.4, -0.2) is 25.2 Å². The van der Waals surface area contributed by atoms with Crippen molar-refractivity contribution in [3.8, 4) is 0 Å². The van der Waals surface area contributed by atoms with Crippen molar-refractivity contribution < 1.29 is 14.3 Å². The molecule has 0 aliphatic heterocycles. The molecule has 1 aromatic heterocycles. The molecule has 0 spiro atoms. The van der Waals surface area contributed by atoms with E-state index in [-0.39, 0.29) is 12.0 Å².